The van der Waals surface area contributed by atoms with Crippen molar-refractivity contribution in [2.24, 2.45) is 10.7 Å². The van der Waals surface area contributed by atoms with Gasteiger partial charge in [-0.3, -0.25) is 4.99 Å². The minimum atomic E-state index is -1.06. The van der Waals surface area contributed by atoms with Crippen LogP contribution in [0.25, 0.3) is 0 Å². The molecule has 1 aromatic carbocycles. The SMILES string of the molecule is C[Si](C)(C)CCOCN=C(C=CN)c1ccc(O)cc1. The van der Waals surface area contributed by atoms with Gasteiger partial charge in [0, 0.05) is 20.2 Å². The molecule has 5 heteroatoms. The summed E-state index contributed by atoms with van der Waals surface area (Å²) in [6, 6.07) is 7.98. The van der Waals surface area contributed by atoms with Gasteiger partial charge in [0.2, 0.25) is 0 Å². The molecule has 3 N–H and O–H groups in total. The van der Waals surface area contributed by atoms with E-state index in [0.717, 1.165) is 23.9 Å². The van der Waals surface area contributed by atoms with Crippen molar-refractivity contribution in [3.8, 4) is 5.75 Å². The predicted octanol–water partition coefficient (Wildman–Crippen LogP) is 2.97. The summed E-state index contributed by atoms with van der Waals surface area (Å²) >= 11 is 0. The number of hydrogen-bond acceptors (Lipinski definition) is 4. The van der Waals surface area contributed by atoms with Gasteiger partial charge in [0.15, 0.2) is 0 Å². The first-order valence-electron chi connectivity index (χ1n) is 6.72. The lowest BCUT2D eigenvalue weighted by atomic mass is 10.1. The number of hydrogen-bond donors (Lipinski definition) is 2. The Morgan fingerprint density at radius 3 is 2.50 bits per heavy atom. The summed E-state index contributed by atoms with van der Waals surface area (Å²) in [6.07, 6.45) is 3.18. The van der Waals surface area contributed by atoms with Gasteiger partial charge in [-0.25, -0.2) is 0 Å². The minimum Gasteiger partial charge on any atom is -0.508 e. The lowest BCUT2D eigenvalue weighted by Crippen LogP contribution is -2.21. The summed E-state index contributed by atoms with van der Waals surface area (Å²) in [7, 11) is -1.06. The summed E-state index contributed by atoms with van der Waals surface area (Å²) in [6.45, 7) is 8.02. The molecule has 0 heterocycles. The molecule has 0 spiro atoms. The molecular formula is C15H24N2O2Si. The number of benzene rings is 1. The second-order valence-corrected chi connectivity index (χ2v) is 11.4. The Morgan fingerprint density at radius 1 is 1.30 bits per heavy atom. The maximum Gasteiger partial charge on any atom is 0.138 e. The minimum absolute atomic E-state index is 0.233. The number of nitrogens with zero attached hydrogens (tertiary/aromatic N) is 1. The largest absolute Gasteiger partial charge is 0.508 e. The maximum atomic E-state index is 9.29. The van der Waals surface area contributed by atoms with E-state index in [9.17, 15) is 5.11 Å². The van der Waals surface area contributed by atoms with Crippen molar-refractivity contribution in [1.82, 2.24) is 0 Å². The Morgan fingerprint density at radius 2 is 1.95 bits per heavy atom. The van der Waals surface area contributed by atoms with E-state index >= 15 is 0 Å². The highest BCUT2D eigenvalue weighted by atomic mass is 28.3. The number of phenols is 1. The molecule has 0 unspecified atom stereocenters. The van der Waals surface area contributed by atoms with E-state index in [1.165, 1.54) is 6.20 Å². The molecule has 0 bridgehead atoms. The fraction of sp³-hybridized carbons (Fsp3) is 0.400. The highest BCUT2D eigenvalue weighted by Gasteiger charge is 2.11. The molecular weight excluding hydrogens is 268 g/mol. The third-order valence-corrected chi connectivity index (χ3v) is 4.44. The van der Waals surface area contributed by atoms with Crippen LogP contribution in [-0.2, 0) is 4.74 Å². The van der Waals surface area contributed by atoms with E-state index in [1.807, 2.05) is 0 Å². The van der Waals surface area contributed by atoms with Crippen LogP contribution in [0.1, 0.15) is 5.56 Å². The molecule has 0 saturated heterocycles. The molecule has 0 aromatic heterocycles. The van der Waals surface area contributed by atoms with Crippen LogP contribution in [0, 0.1) is 0 Å². The van der Waals surface area contributed by atoms with Crippen molar-refractivity contribution in [3.63, 3.8) is 0 Å². The lowest BCUT2D eigenvalue weighted by molar-refractivity contribution is 0.155. The Balaban J connectivity index is 2.58. The van der Waals surface area contributed by atoms with Gasteiger partial charge in [-0.15, -0.1) is 0 Å². The zero-order chi connectivity index (χ0) is 15.0. The molecule has 0 amide bonds. The third-order valence-electron chi connectivity index (χ3n) is 2.74. The van der Waals surface area contributed by atoms with E-state index in [4.69, 9.17) is 10.5 Å². The van der Waals surface area contributed by atoms with Gasteiger partial charge >= 0.3 is 0 Å². The second-order valence-electron chi connectivity index (χ2n) is 5.80. The summed E-state index contributed by atoms with van der Waals surface area (Å²) < 4.78 is 5.55. The number of aromatic hydroxyl groups is 1. The number of rotatable bonds is 7. The number of phenolic OH excluding ortho intramolecular Hbond substituents is 1. The lowest BCUT2D eigenvalue weighted by Gasteiger charge is -2.14. The zero-order valence-corrected chi connectivity index (χ0v) is 13.5. The molecule has 1 rings (SSSR count). The van der Waals surface area contributed by atoms with Crippen molar-refractivity contribution >= 4 is 13.8 Å². The fourth-order valence-electron chi connectivity index (χ4n) is 1.52. The molecule has 0 radical (unpaired) electrons. The van der Waals surface area contributed by atoms with Crippen LogP contribution in [0.2, 0.25) is 25.7 Å². The monoisotopic (exact) mass is 292 g/mol. The van der Waals surface area contributed by atoms with Crippen molar-refractivity contribution in [2.75, 3.05) is 13.3 Å². The quantitative estimate of drug-likeness (QED) is 0.461. The van der Waals surface area contributed by atoms with Gasteiger partial charge < -0.3 is 15.6 Å². The van der Waals surface area contributed by atoms with Crippen molar-refractivity contribution in [1.29, 1.82) is 0 Å². The highest BCUT2D eigenvalue weighted by Crippen LogP contribution is 2.11. The molecule has 110 valence electrons. The molecule has 20 heavy (non-hydrogen) atoms. The molecule has 0 saturated carbocycles. The average Bonchev–Trinajstić information content (AvgIpc) is 2.37. The molecule has 0 aliphatic carbocycles. The van der Waals surface area contributed by atoms with Crippen LogP contribution in [0.5, 0.6) is 5.75 Å². The van der Waals surface area contributed by atoms with Gasteiger partial charge in [-0.2, -0.15) is 0 Å². The first-order valence-corrected chi connectivity index (χ1v) is 10.4. The summed E-state index contributed by atoms with van der Waals surface area (Å²) in [5.41, 5.74) is 7.09. The Kier molecular flexibility index (Phi) is 6.47. The number of allylic oxidation sites excluding steroid dienone is 1. The van der Waals surface area contributed by atoms with Crippen LogP contribution in [0.3, 0.4) is 0 Å². The van der Waals surface area contributed by atoms with Gasteiger partial charge in [-0.1, -0.05) is 19.6 Å². The molecule has 4 nitrogen and oxygen atoms in total. The Bertz CT molecular complexity index is 462. The van der Waals surface area contributed by atoms with Gasteiger partial charge in [0.1, 0.15) is 12.5 Å². The highest BCUT2D eigenvalue weighted by molar-refractivity contribution is 6.76. The van der Waals surface area contributed by atoms with Crippen molar-refractivity contribution < 1.29 is 9.84 Å². The summed E-state index contributed by atoms with van der Waals surface area (Å²) in [5, 5.41) is 9.29. The van der Waals surface area contributed by atoms with Gasteiger partial charge in [0.05, 0.1) is 5.71 Å². The van der Waals surface area contributed by atoms with Crippen LogP contribution in [0.4, 0.5) is 0 Å². The van der Waals surface area contributed by atoms with Crippen LogP contribution in [0.15, 0.2) is 41.5 Å². The van der Waals surface area contributed by atoms with Crippen molar-refractivity contribution in [3.05, 3.63) is 42.1 Å². The van der Waals surface area contributed by atoms with E-state index in [2.05, 4.69) is 24.6 Å². The third kappa shape index (κ3) is 6.54. The van der Waals surface area contributed by atoms with Crippen molar-refractivity contribution in [2.45, 2.75) is 25.7 Å². The number of nitrogens with two attached hydrogens (primary N) is 1. The first-order chi connectivity index (χ1) is 9.42. The number of ether oxygens (including phenoxy) is 1. The van der Waals surface area contributed by atoms with Crippen LogP contribution < -0.4 is 5.73 Å². The Hall–Kier alpha value is -1.59. The maximum absolute atomic E-state index is 9.29. The molecule has 0 fully saturated rings. The molecule has 0 aliphatic rings. The van der Waals surface area contributed by atoms with Crippen LogP contribution in [-0.4, -0.2) is 32.2 Å². The van der Waals surface area contributed by atoms with E-state index in [-0.39, 0.29) is 5.75 Å². The number of aliphatic imine (C=N–C) groups is 1. The Labute approximate surface area is 122 Å². The normalized spacial score (nSPS) is 13.1. The predicted molar refractivity (Wildman–Crippen MR) is 86.9 cm³/mol. The summed E-state index contributed by atoms with van der Waals surface area (Å²) in [4.78, 5) is 4.39. The van der Waals surface area contributed by atoms with Crippen LogP contribution >= 0.6 is 0 Å². The molecule has 0 aliphatic heterocycles. The smallest absolute Gasteiger partial charge is 0.138 e. The topological polar surface area (TPSA) is 67.8 Å². The van der Waals surface area contributed by atoms with Gasteiger partial charge in [0.25, 0.3) is 0 Å². The second kappa shape index (κ2) is 7.87. The fourth-order valence-corrected chi connectivity index (χ4v) is 2.28. The van der Waals surface area contributed by atoms with E-state index in [0.29, 0.717) is 6.73 Å². The zero-order valence-electron chi connectivity index (χ0n) is 12.5. The first kappa shape index (κ1) is 16.5. The standard InChI is InChI=1S/C15H24N2O2Si/c1-20(2,3)11-10-19-12-17-15(8-9-16)13-4-6-14(18)7-5-13/h4-9,18H,10-12,16H2,1-3H3. The molecule has 1 aromatic rings. The average molecular weight is 292 g/mol. The molecule has 0 atom stereocenters. The van der Waals surface area contributed by atoms with E-state index < -0.39 is 8.07 Å². The summed E-state index contributed by atoms with van der Waals surface area (Å²) in [5.74, 6) is 0.233. The van der Waals surface area contributed by atoms with E-state index in [1.54, 1.807) is 30.3 Å². The van der Waals surface area contributed by atoms with Gasteiger partial charge in [-0.05, 0) is 42.6 Å².